The molecule has 2 heterocycles. The third kappa shape index (κ3) is 4.35. The van der Waals surface area contributed by atoms with E-state index in [9.17, 15) is 9.59 Å². The molecule has 0 radical (unpaired) electrons. The lowest BCUT2D eigenvalue weighted by Gasteiger charge is -2.15. The Kier molecular flexibility index (Phi) is 5.60. The first-order valence-corrected chi connectivity index (χ1v) is 11.1. The van der Waals surface area contributed by atoms with Gasteiger partial charge in [0.1, 0.15) is 0 Å². The number of hydrogen-bond donors (Lipinski definition) is 2. The zero-order valence-electron chi connectivity index (χ0n) is 18.4. The molecule has 0 bridgehead atoms. The minimum atomic E-state index is -0.198. The number of pyridine rings is 1. The van der Waals surface area contributed by atoms with Gasteiger partial charge in [-0.15, -0.1) is 0 Å². The summed E-state index contributed by atoms with van der Waals surface area (Å²) < 4.78 is 1.99. The van der Waals surface area contributed by atoms with E-state index in [0.29, 0.717) is 23.3 Å². The summed E-state index contributed by atoms with van der Waals surface area (Å²) in [6.07, 6.45) is 6.09. The maximum Gasteiger partial charge on any atom is 0.251 e. The molecule has 1 atom stereocenters. The second kappa shape index (κ2) is 8.86. The molecule has 0 fully saturated rings. The van der Waals surface area contributed by atoms with Crippen molar-refractivity contribution in [2.45, 2.75) is 38.8 Å². The lowest BCUT2D eigenvalue weighted by Crippen LogP contribution is -2.27. The molecule has 166 valence electrons. The molecule has 2 N–H and O–H groups in total. The molecular weight excluding hydrogens is 414 g/mol. The lowest BCUT2D eigenvalue weighted by atomic mass is 10.1. The van der Waals surface area contributed by atoms with Crippen LogP contribution in [0, 0.1) is 0 Å². The van der Waals surface area contributed by atoms with Crippen molar-refractivity contribution >= 4 is 28.5 Å². The molecule has 7 heteroatoms. The Bertz CT molecular complexity index is 1330. The van der Waals surface area contributed by atoms with Gasteiger partial charge in [-0.2, -0.15) is 0 Å². The smallest absolute Gasteiger partial charge is 0.251 e. The molecule has 33 heavy (non-hydrogen) atoms. The fourth-order valence-corrected chi connectivity index (χ4v) is 4.52. The van der Waals surface area contributed by atoms with Crippen molar-refractivity contribution in [3.8, 4) is 0 Å². The molecule has 0 saturated carbocycles. The average Bonchev–Trinajstić information content (AvgIpc) is 3.42. The number of fused-ring (bicyclic) bond motifs is 2. The van der Waals surface area contributed by atoms with Crippen LogP contribution in [0.15, 0.2) is 67.1 Å². The number of aromatic nitrogens is 3. The molecule has 0 spiro atoms. The highest BCUT2D eigenvalue weighted by Crippen LogP contribution is 2.32. The molecule has 7 nitrogen and oxygen atoms in total. The van der Waals surface area contributed by atoms with Gasteiger partial charge in [0, 0.05) is 37.3 Å². The van der Waals surface area contributed by atoms with E-state index >= 15 is 0 Å². The maximum absolute atomic E-state index is 13.1. The van der Waals surface area contributed by atoms with E-state index in [1.807, 2.05) is 34.9 Å². The van der Waals surface area contributed by atoms with Crippen molar-refractivity contribution in [1.82, 2.24) is 19.9 Å². The van der Waals surface area contributed by atoms with Crippen LogP contribution in [0.5, 0.6) is 0 Å². The topological polar surface area (TPSA) is 88.9 Å². The normalized spacial score (nSPS) is 14.8. The highest BCUT2D eigenvalue weighted by Gasteiger charge is 2.24. The summed E-state index contributed by atoms with van der Waals surface area (Å²) in [6, 6.07) is 17.6. The van der Waals surface area contributed by atoms with Crippen LogP contribution < -0.4 is 10.6 Å². The summed E-state index contributed by atoms with van der Waals surface area (Å²) in [6.45, 7) is 2.12. The van der Waals surface area contributed by atoms with Crippen molar-refractivity contribution in [2.24, 2.45) is 0 Å². The molecule has 2 aromatic carbocycles. The number of rotatable bonds is 6. The van der Waals surface area contributed by atoms with E-state index in [4.69, 9.17) is 0 Å². The van der Waals surface area contributed by atoms with Crippen molar-refractivity contribution in [2.75, 3.05) is 5.32 Å². The van der Waals surface area contributed by atoms with E-state index in [2.05, 4.69) is 32.7 Å². The first-order chi connectivity index (χ1) is 16.1. The van der Waals surface area contributed by atoms with Crippen molar-refractivity contribution in [1.29, 1.82) is 0 Å². The molecule has 2 aromatic heterocycles. The summed E-state index contributed by atoms with van der Waals surface area (Å²) in [5.74, 6) is -0.371. The van der Waals surface area contributed by atoms with Gasteiger partial charge < -0.3 is 15.2 Å². The molecule has 2 amide bonds. The number of nitrogens with zero attached hydrogens (tertiary/aromatic N) is 3. The second-order valence-corrected chi connectivity index (χ2v) is 8.35. The van der Waals surface area contributed by atoms with Crippen LogP contribution >= 0.6 is 0 Å². The Morgan fingerprint density at radius 3 is 2.76 bits per heavy atom. The molecular formula is C26H25N5O2. The van der Waals surface area contributed by atoms with Crippen LogP contribution in [0.25, 0.3) is 11.0 Å². The Morgan fingerprint density at radius 2 is 1.94 bits per heavy atom. The first-order valence-electron chi connectivity index (χ1n) is 11.1. The number of carbonyl (C=O) groups is 2. The Labute approximate surface area is 191 Å². The Hall–Kier alpha value is -4.00. The van der Waals surface area contributed by atoms with Crippen LogP contribution in [0.2, 0.25) is 0 Å². The highest BCUT2D eigenvalue weighted by molar-refractivity contribution is 6.05. The molecule has 0 saturated heterocycles. The summed E-state index contributed by atoms with van der Waals surface area (Å²) in [5, 5.41) is 6.04. The van der Waals surface area contributed by atoms with Crippen molar-refractivity contribution < 1.29 is 9.59 Å². The quantitative estimate of drug-likeness (QED) is 0.474. The summed E-state index contributed by atoms with van der Waals surface area (Å²) in [5.41, 5.74) is 5.95. The highest BCUT2D eigenvalue weighted by atomic mass is 16.2. The third-order valence-electron chi connectivity index (χ3n) is 6.06. The number of nitrogens with one attached hydrogen (secondary N) is 2. The average molecular weight is 440 g/mol. The minimum Gasteiger partial charge on any atom is -0.345 e. The van der Waals surface area contributed by atoms with Gasteiger partial charge in [-0.1, -0.05) is 30.3 Å². The fraction of sp³-hybridized carbons (Fsp3) is 0.231. The first kappa shape index (κ1) is 20.9. The molecule has 5 rings (SSSR count). The van der Waals surface area contributed by atoms with Gasteiger partial charge >= 0.3 is 0 Å². The number of amides is 2. The predicted molar refractivity (Wildman–Crippen MR) is 127 cm³/mol. The zero-order valence-corrected chi connectivity index (χ0v) is 18.4. The SMILES string of the molecule is CC(=O)Nc1cc(C(=O)NC2CCc3ccccc32)cc2ncn(CCc3ccccn3)c12. The van der Waals surface area contributed by atoms with Gasteiger partial charge in [-0.25, -0.2) is 4.98 Å². The fourth-order valence-electron chi connectivity index (χ4n) is 4.52. The van der Waals surface area contributed by atoms with Crippen molar-refractivity contribution in [3.05, 3.63) is 89.5 Å². The van der Waals surface area contributed by atoms with E-state index in [-0.39, 0.29) is 17.9 Å². The Balaban J connectivity index is 1.43. The van der Waals surface area contributed by atoms with Gasteiger partial charge in [-0.3, -0.25) is 14.6 Å². The lowest BCUT2D eigenvalue weighted by molar-refractivity contribution is -0.114. The molecule has 1 unspecified atom stereocenters. The van der Waals surface area contributed by atoms with Crippen LogP contribution in [-0.4, -0.2) is 26.3 Å². The predicted octanol–water partition coefficient (Wildman–Crippen LogP) is 4.05. The standard InChI is InChI=1S/C26H25N5O2/c1-17(32)29-24-15-19(26(33)30-22-10-9-18-6-2-3-8-21(18)22)14-23-25(24)31(16-28-23)13-11-20-7-4-5-12-27-20/h2-8,12,14-16,22H,9-11,13H2,1H3,(H,29,32)(H,30,33). The summed E-state index contributed by atoms with van der Waals surface area (Å²) in [4.78, 5) is 34.0. The van der Waals surface area contributed by atoms with Crippen molar-refractivity contribution in [3.63, 3.8) is 0 Å². The van der Waals surface area contributed by atoms with Crippen LogP contribution in [0.4, 0.5) is 5.69 Å². The van der Waals surface area contributed by atoms with E-state index in [1.54, 1.807) is 24.7 Å². The number of hydrogen-bond acceptors (Lipinski definition) is 4. The van der Waals surface area contributed by atoms with Gasteiger partial charge in [0.15, 0.2) is 0 Å². The number of imidazole rings is 1. The second-order valence-electron chi connectivity index (χ2n) is 8.35. The molecule has 0 aliphatic heterocycles. The van der Waals surface area contributed by atoms with Gasteiger partial charge in [0.05, 0.1) is 29.1 Å². The molecule has 1 aliphatic carbocycles. The summed E-state index contributed by atoms with van der Waals surface area (Å²) in [7, 11) is 0. The van der Waals surface area contributed by atoms with Crippen LogP contribution in [0.3, 0.4) is 0 Å². The van der Waals surface area contributed by atoms with E-state index in [1.165, 1.54) is 18.1 Å². The van der Waals surface area contributed by atoms with E-state index < -0.39 is 0 Å². The molecule has 1 aliphatic rings. The Morgan fingerprint density at radius 1 is 1.09 bits per heavy atom. The van der Waals surface area contributed by atoms with Gasteiger partial charge in [0.25, 0.3) is 5.91 Å². The summed E-state index contributed by atoms with van der Waals surface area (Å²) >= 11 is 0. The largest absolute Gasteiger partial charge is 0.345 e. The van der Waals surface area contributed by atoms with Crippen LogP contribution in [-0.2, 0) is 24.2 Å². The molecule has 4 aromatic rings. The number of anilines is 1. The van der Waals surface area contributed by atoms with Crippen LogP contribution in [0.1, 0.15) is 46.6 Å². The number of carbonyl (C=O) groups excluding carboxylic acids is 2. The minimum absolute atomic E-state index is 0.00968. The van der Waals surface area contributed by atoms with Gasteiger partial charge in [0.2, 0.25) is 5.91 Å². The van der Waals surface area contributed by atoms with E-state index in [0.717, 1.165) is 30.5 Å². The maximum atomic E-state index is 13.1. The number of aryl methyl sites for hydroxylation is 3. The monoisotopic (exact) mass is 439 g/mol. The third-order valence-corrected chi connectivity index (χ3v) is 6.06. The number of benzene rings is 2. The van der Waals surface area contributed by atoms with Gasteiger partial charge in [-0.05, 0) is 48.2 Å². The zero-order chi connectivity index (χ0) is 22.8.